The summed E-state index contributed by atoms with van der Waals surface area (Å²) in [6.07, 6.45) is 4.77. The zero-order chi connectivity index (χ0) is 26.4. The van der Waals surface area contributed by atoms with Crippen LogP contribution >= 0.6 is 11.6 Å². The summed E-state index contributed by atoms with van der Waals surface area (Å²) in [4.78, 5) is 38.5. The van der Waals surface area contributed by atoms with Crippen LogP contribution in [0, 0.1) is 23.2 Å². The highest BCUT2D eigenvalue weighted by Crippen LogP contribution is 2.60. The molecule has 0 heterocycles. The van der Waals surface area contributed by atoms with Crippen molar-refractivity contribution in [3.8, 4) is 5.75 Å². The van der Waals surface area contributed by atoms with Gasteiger partial charge in [-0.05, 0) is 106 Å². The van der Waals surface area contributed by atoms with E-state index in [2.05, 4.69) is 10.6 Å². The molecule has 0 aromatic heterocycles. The Bertz CT molecular complexity index is 1180. The van der Waals surface area contributed by atoms with E-state index in [-0.39, 0.29) is 29.3 Å². The lowest BCUT2D eigenvalue weighted by molar-refractivity contribution is -0.157. The van der Waals surface area contributed by atoms with Gasteiger partial charge in [0.1, 0.15) is 5.75 Å². The first-order valence-corrected chi connectivity index (χ1v) is 13.3. The van der Waals surface area contributed by atoms with Crippen molar-refractivity contribution in [2.24, 2.45) is 23.2 Å². The SMILES string of the molecule is CC(C)(Oc1ccc(Cl)cc1)C(=O)NC1C2CC3CC(C2)CC1(C(=O)NCc1ccc(C(=O)O)cc1)C3. The smallest absolute Gasteiger partial charge is 0.335 e. The van der Waals surface area contributed by atoms with Crippen LogP contribution in [0.5, 0.6) is 5.75 Å². The van der Waals surface area contributed by atoms with Crippen molar-refractivity contribution in [1.82, 2.24) is 10.6 Å². The van der Waals surface area contributed by atoms with Gasteiger partial charge >= 0.3 is 5.97 Å². The topological polar surface area (TPSA) is 105 Å². The standard InChI is InChI=1S/C29H33ClN2O5/c1-28(2,37-23-9-7-22(30)8-10-23)26(35)32-24-21-12-18-11-19(13-21)15-29(24,14-18)27(36)31-16-17-3-5-20(6-4-17)25(33)34/h3-10,18-19,21,24H,11-16H2,1-2H3,(H,31,36)(H,32,35)(H,33,34). The second kappa shape index (κ2) is 9.67. The first kappa shape index (κ1) is 25.6. The van der Waals surface area contributed by atoms with Gasteiger partial charge in [0.2, 0.25) is 5.91 Å². The fourth-order valence-electron chi connectivity index (χ4n) is 6.91. The van der Waals surface area contributed by atoms with Gasteiger partial charge in [-0.3, -0.25) is 9.59 Å². The Kier molecular flexibility index (Phi) is 6.69. The van der Waals surface area contributed by atoms with Gasteiger partial charge in [-0.15, -0.1) is 0 Å². The molecule has 37 heavy (non-hydrogen) atoms. The maximum atomic E-state index is 13.8. The molecule has 4 fully saturated rings. The minimum absolute atomic E-state index is 0.0318. The molecule has 7 nitrogen and oxygen atoms in total. The number of amides is 2. The number of carboxylic acids is 1. The van der Waals surface area contributed by atoms with Gasteiger partial charge in [-0.2, -0.15) is 0 Å². The van der Waals surface area contributed by atoms with Crippen molar-refractivity contribution in [3.05, 3.63) is 64.7 Å². The minimum atomic E-state index is -1.13. The normalized spacial score (nSPS) is 28.0. The van der Waals surface area contributed by atoms with Gasteiger partial charge < -0.3 is 20.5 Å². The number of carbonyl (C=O) groups excluding carboxylic acids is 2. The molecule has 6 rings (SSSR count). The van der Waals surface area contributed by atoms with Gasteiger partial charge in [-0.1, -0.05) is 23.7 Å². The highest BCUT2D eigenvalue weighted by atomic mass is 35.5. The maximum absolute atomic E-state index is 13.8. The predicted octanol–water partition coefficient (Wildman–Crippen LogP) is 4.82. The van der Waals surface area contributed by atoms with Crippen LogP contribution < -0.4 is 15.4 Å². The summed E-state index contributed by atoms with van der Waals surface area (Å²) in [5, 5.41) is 16.1. The molecule has 4 bridgehead atoms. The Morgan fingerprint density at radius 1 is 1.00 bits per heavy atom. The molecule has 4 saturated carbocycles. The van der Waals surface area contributed by atoms with E-state index in [4.69, 9.17) is 21.4 Å². The van der Waals surface area contributed by atoms with Gasteiger partial charge in [0.15, 0.2) is 5.60 Å². The van der Waals surface area contributed by atoms with Gasteiger partial charge in [0.25, 0.3) is 5.91 Å². The average molecular weight is 525 g/mol. The summed E-state index contributed by atoms with van der Waals surface area (Å²) in [5.41, 5.74) is -0.739. The number of ether oxygens (including phenoxy) is 1. The number of carbonyl (C=O) groups is 3. The molecule has 3 unspecified atom stereocenters. The Morgan fingerprint density at radius 3 is 2.22 bits per heavy atom. The van der Waals surface area contributed by atoms with Crippen LogP contribution in [-0.4, -0.2) is 34.5 Å². The molecule has 3 N–H and O–H groups in total. The van der Waals surface area contributed by atoms with Crippen molar-refractivity contribution in [1.29, 1.82) is 0 Å². The third-order valence-electron chi connectivity index (χ3n) is 8.44. The first-order chi connectivity index (χ1) is 17.6. The Balaban J connectivity index is 1.32. The summed E-state index contributed by atoms with van der Waals surface area (Å²) >= 11 is 5.98. The van der Waals surface area contributed by atoms with Gasteiger partial charge in [-0.25, -0.2) is 4.79 Å². The molecule has 8 heteroatoms. The van der Waals surface area contributed by atoms with Crippen LogP contribution in [0.25, 0.3) is 0 Å². The van der Waals surface area contributed by atoms with Crippen LogP contribution in [0.3, 0.4) is 0 Å². The predicted molar refractivity (Wildman–Crippen MR) is 139 cm³/mol. The van der Waals surface area contributed by atoms with Crippen LogP contribution in [-0.2, 0) is 16.1 Å². The zero-order valence-corrected chi connectivity index (χ0v) is 21.9. The number of halogens is 1. The molecule has 0 saturated heterocycles. The largest absolute Gasteiger partial charge is 0.478 e. The van der Waals surface area contributed by atoms with Crippen LogP contribution in [0.15, 0.2) is 48.5 Å². The van der Waals surface area contributed by atoms with E-state index in [0.29, 0.717) is 29.2 Å². The first-order valence-electron chi connectivity index (χ1n) is 12.9. The Morgan fingerprint density at radius 2 is 1.62 bits per heavy atom. The fourth-order valence-corrected chi connectivity index (χ4v) is 7.03. The Labute approximate surface area is 221 Å². The lowest BCUT2D eigenvalue weighted by atomic mass is 9.47. The lowest BCUT2D eigenvalue weighted by Crippen LogP contribution is -2.68. The van der Waals surface area contributed by atoms with Crippen LogP contribution in [0.1, 0.15) is 61.9 Å². The van der Waals surface area contributed by atoms with E-state index >= 15 is 0 Å². The van der Waals surface area contributed by atoms with E-state index in [1.54, 1.807) is 62.4 Å². The van der Waals surface area contributed by atoms with Gasteiger partial charge in [0.05, 0.1) is 11.0 Å². The molecule has 2 amide bonds. The van der Waals surface area contributed by atoms with E-state index in [1.165, 1.54) is 0 Å². The number of aromatic carboxylic acids is 1. The molecule has 4 aliphatic carbocycles. The molecular formula is C29H33ClN2O5. The molecule has 2 aromatic carbocycles. The molecule has 4 aliphatic rings. The molecule has 0 aliphatic heterocycles. The average Bonchev–Trinajstić information content (AvgIpc) is 2.85. The summed E-state index contributed by atoms with van der Waals surface area (Å²) in [5.74, 6) is 0.574. The molecule has 196 valence electrons. The van der Waals surface area contributed by atoms with Crippen LogP contribution in [0.4, 0.5) is 0 Å². The number of nitrogens with one attached hydrogen (secondary N) is 2. The lowest BCUT2D eigenvalue weighted by Gasteiger charge is -2.60. The molecular weight excluding hydrogens is 492 g/mol. The summed E-state index contributed by atoms with van der Waals surface area (Å²) in [6.45, 7) is 3.79. The van der Waals surface area contributed by atoms with Crippen molar-refractivity contribution in [2.45, 2.75) is 64.1 Å². The molecule has 0 radical (unpaired) electrons. The van der Waals surface area contributed by atoms with Crippen molar-refractivity contribution >= 4 is 29.4 Å². The fraction of sp³-hybridized carbons (Fsp3) is 0.483. The summed E-state index contributed by atoms with van der Waals surface area (Å²) < 4.78 is 6.02. The monoisotopic (exact) mass is 524 g/mol. The molecule has 2 aromatic rings. The highest BCUT2D eigenvalue weighted by molar-refractivity contribution is 6.30. The number of hydrogen-bond acceptors (Lipinski definition) is 4. The number of hydrogen-bond donors (Lipinski definition) is 3. The number of carboxylic acid groups (broad SMARTS) is 1. The van der Waals surface area contributed by atoms with Crippen LogP contribution in [0.2, 0.25) is 5.02 Å². The van der Waals surface area contributed by atoms with Crippen molar-refractivity contribution in [2.75, 3.05) is 0 Å². The second-order valence-corrected chi connectivity index (χ2v) is 11.9. The zero-order valence-electron chi connectivity index (χ0n) is 21.1. The quantitative estimate of drug-likeness (QED) is 0.459. The number of rotatable bonds is 8. The van der Waals surface area contributed by atoms with E-state index in [9.17, 15) is 14.4 Å². The maximum Gasteiger partial charge on any atom is 0.335 e. The van der Waals surface area contributed by atoms with E-state index in [0.717, 1.165) is 37.7 Å². The van der Waals surface area contributed by atoms with E-state index < -0.39 is 17.0 Å². The second-order valence-electron chi connectivity index (χ2n) is 11.5. The molecule has 3 atom stereocenters. The van der Waals surface area contributed by atoms with Crippen molar-refractivity contribution in [3.63, 3.8) is 0 Å². The third kappa shape index (κ3) is 5.06. The Hall–Kier alpha value is -3.06. The molecule has 0 spiro atoms. The van der Waals surface area contributed by atoms with E-state index in [1.807, 2.05) is 0 Å². The van der Waals surface area contributed by atoms with Crippen molar-refractivity contribution < 1.29 is 24.2 Å². The minimum Gasteiger partial charge on any atom is -0.478 e. The third-order valence-corrected chi connectivity index (χ3v) is 8.69. The number of benzene rings is 2. The van der Waals surface area contributed by atoms with Gasteiger partial charge in [0, 0.05) is 17.6 Å². The highest BCUT2D eigenvalue weighted by Gasteiger charge is 2.61. The summed E-state index contributed by atoms with van der Waals surface area (Å²) in [7, 11) is 0. The summed E-state index contributed by atoms with van der Waals surface area (Å²) in [6, 6.07) is 13.2.